The Bertz CT molecular complexity index is 1320. The molecular formula is C29H34N6O3. The number of aliphatic hydroxyl groups is 1. The van der Waals surface area contributed by atoms with Crippen LogP contribution >= 0.6 is 0 Å². The van der Waals surface area contributed by atoms with Crippen molar-refractivity contribution in [1.82, 2.24) is 24.8 Å². The van der Waals surface area contributed by atoms with Crippen LogP contribution in [0.15, 0.2) is 67.0 Å². The molecule has 9 nitrogen and oxygen atoms in total. The number of piperidine rings is 1. The van der Waals surface area contributed by atoms with Crippen LogP contribution in [0.4, 0.5) is 11.6 Å². The molecule has 1 aliphatic rings. The third-order valence-electron chi connectivity index (χ3n) is 6.79. The summed E-state index contributed by atoms with van der Waals surface area (Å²) in [6.07, 6.45) is 6.62. The van der Waals surface area contributed by atoms with Crippen LogP contribution in [-0.2, 0) is 0 Å². The zero-order valence-electron chi connectivity index (χ0n) is 21.6. The van der Waals surface area contributed by atoms with Gasteiger partial charge >= 0.3 is 0 Å². The molecule has 9 heteroatoms. The van der Waals surface area contributed by atoms with Crippen LogP contribution in [0.25, 0.3) is 22.8 Å². The molecule has 1 saturated heterocycles. The van der Waals surface area contributed by atoms with Crippen LogP contribution in [0.5, 0.6) is 11.5 Å². The number of likely N-dealkylation sites (tertiary alicyclic amines) is 1. The van der Waals surface area contributed by atoms with E-state index in [1.54, 1.807) is 19.5 Å². The molecule has 0 saturated carbocycles. The number of ether oxygens (including phenoxy) is 2. The van der Waals surface area contributed by atoms with Gasteiger partial charge in [0.2, 0.25) is 5.95 Å². The number of rotatable bonds is 11. The number of nitrogens with zero attached hydrogens (tertiary/aromatic N) is 4. The second-order valence-corrected chi connectivity index (χ2v) is 9.47. The van der Waals surface area contributed by atoms with E-state index in [-0.39, 0.29) is 0 Å². The van der Waals surface area contributed by atoms with Crippen molar-refractivity contribution in [2.24, 2.45) is 5.92 Å². The minimum Gasteiger partial charge on any atom is -0.497 e. The van der Waals surface area contributed by atoms with Gasteiger partial charge in [-0.1, -0.05) is 18.2 Å². The Hall–Kier alpha value is -3.95. The zero-order chi connectivity index (χ0) is 26.2. The Morgan fingerprint density at radius 2 is 1.89 bits per heavy atom. The van der Waals surface area contributed by atoms with Crippen molar-refractivity contribution in [3.05, 3.63) is 67.0 Å². The van der Waals surface area contributed by atoms with Gasteiger partial charge in [-0.3, -0.25) is 0 Å². The lowest BCUT2D eigenvalue weighted by molar-refractivity contribution is 0.126. The van der Waals surface area contributed by atoms with E-state index < -0.39 is 0 Å². The van der Waals surface area contributed by atoms with Gasteiger partial charge in [0.25, 0.3) is 0 Å². The highest BCUT2D eigenvalue weighted by Gasteiger charge is 2.17. The van der Waals surface area contributed by atoms with Crippen molar-refractivity contribution >= 4 is 11.6 Å². The van der Waals surface area contributed by atoms with Gasteiger partial charge in [-0.2, -0.15) is 0 Å². The molecule has 1 aliphatic heterocycles. The van der Waals surface area contributed by atoms with E-state index in [0.717, 1.165) is 78.9 Å². The number of H-pyrrole nitrogens is 1. The second kappa shape index (κ2) is 12.5. The molecule has 0 spiro atoms. The minimum absolute atomic E-state index is 0.311. The lowest BCUT2D eigenvalue weighted by atomic mass is 9.98. The SMILES string of the molecule is COc1cccc(-c2ncc(-c3ccnc(Nc4cccc(OCCCN5CCC(CO)CC5)c4)n3)[nH]2)c1. The summed E-state index contributed by atoms with van der Waals surface area (Å²) in [4.78, 5) is 19.4. The Balaban J connectivity index is 1.16. The van der Waals surface area contributed by atoms with Crippen molar-refractivity contribution in [2.45, 2.75) is 19.3 Å². The molecule has 198 valence electrons. The summed E-state index contributed by atoms with van der Waals surface area (Å²) in [5.74, 6) is 3.29. The van der Waals surface area contributed by atoms with Crippen molar-refractivity contribution in [3.63, 3.8) is 0 Å². The minimum atomic E-state index is 0.311. The Morgan fingerprint density at radius 1 is 1.05 bits per heavy atom. The van der Waals surface area contributed by atoms with Gasteiger partial charge < -0.3 is 29.8 Å². The highest BCUT2D eigenvalue weighted by atomic mass is 16.5. The quantitative estimate of drug-likeness (QED) is 0.246. The number of anilines is 2. The molecule has 0 bridgehead atoms. The Labute approximate surface area is 222 Å². The average molecular weight is 515 g/mol. The third kappa shape index (κ3) is 6.67. The van der Waals surface area contributed by atoms with Crippen LogP contribution in [0, 0.1) is 5.92 Å². The summed E-state index contributed by atoms with van der Waals surface area (Å²) >= 11 is 0. The first-order valence-corrected chi connectivity index (χ1v) is 13.1. The normalized spacial score (nSPS) is 14.4. The van der Waals surface area contributed by atoms with Crippen molar-refractivity contribution in [2.75, 3.05) is 45.3 Å². The fourth-order valence-corrected chi connectivity index (χ4v) is 4.60. The third-order valence-corrected chi connectivity index (χ3v) is 6.79. The number of nitrogens with one attached hydrogen (secondary N) is 2. The van der Waals surface area contributed by atoms with E-state index in [1.165, 1.54) is 0 Å². The van der Waals surface area contributed by atoms with Crippen molar-refractivity contribution < 1.29 is 14.6 Å². The van der Waals surface area contributed by atoms with Gasteiger partial charge in [-0.05, 0) is 68.6 Å². The maximum absolute atomic E-state index is 9.29. The van der Waals surface area contributed by atoms with Crippen LogP contribution in [0.3, 0.4) is 0 Å². The number of methoxy groups -OCH3 is 1. The molecule has 0 unspecified atom stereocenters. The van der Waals surface area contributed by atoms with E-state index in [9.17, 15) is 5.11 Å². The van der Waals surface area contributed by atoms with E-state index in [0.29, 0.717) is 25.1 Å². The second-order valence-electron chi connectivity index (χ2n) is 9.47. The first-order valence-electron chi connectivity index (χ1n) is 13.1. The summed E-state index contributed by atoms with van der Waals surface area (Å²) in [5, 5.41) is 12.6. The van der Waals surface area contributed by atoms with Crippen molar-refractivity contribution in [1.29, 1.82) is 0 Å². The number of aliphatic hydroxyl groups excluding tert-OH is 1. The fourth-order valence-electron chi connectivity index (χ4n) is 4.60. The van der Waals surface area contributed by atoms with Gasteiger partial charge in [0.1, 0.15) is 17.3 Å². The van der Waals surface area contributed by atoms with Crippen LogP contribution in [-0.4, -0.2) is 69.9 Å². The smallest absolute Gasteiger partial charge is 0.227 e. The van der Waals surface area contributed by atoms with E-state index >= 15 is 0 Å². The number of hydrogen-bond acceptors (Lipinski definition) is 8. The van der Waals surface area contributed by atoms with Gasteiger partial charge in [0.15, 0.2) is 0 Å². The number of aromatic amines is 1. The van der Waals surface area contributed by atoms with Gasteiger partial charge in [-0.25, -0.2) is 15.0 Å². The lowest BCUT2D eigenvalue weighted by Gasteiger charge is -2.30. The molecule has 4 aromatic rings. The number of hydrogen-bond donors (Lipinski definition) is 3. The van der Waals surface area contributed by atoms with E-state index in [4.69, 9.17) is 9.47 Å². The maximum Gasteiger partial charge on any atom is 0.227 e. The highest BCUT2D eigenvalue weighted by molar-refractivity contribution is 5.64. The van der Waals surface area contributed by atoms with E-state index in [1.807, 2.05) is 54.6 Å². The fraction of sp³-hybridized carbons (Fsp3) is 0.345. The van der Waals surface area contributed by atoms with Gasteiger partial charge in [-0.15, -0.1) is 0 Å². The summed E-state index contributed by atoms with van der Waals surface area (Å²) < 4.78 is 11.3. The monoisotopic (exact) mass is 514 g/mol. The zero-order valence-corrected chi connectivity index (χ0v) is 21.6. The number of aromatic nitrogens is 4. The van der Waals surface area contributed by atoms with Crippen LogP contribution in [0.2, 0.25) is 0 Å². The van der Waals surface area contributed by atoms with Crippen LogP contribution in [0.1, 0.15) is 19.3 Å². The summed E-state index contributed by atoms with van der Waals surface area (Å²) in [6, 6.07) is 17.4. The number of imidazole rings is 1. The van der Waals surface area contributed by atoms with Crippen LogP contribution < -0.4 is 14.8 Å². The molecule has 0 radical (unpaired) electrons. The number of benzene rings is 2. The predicted octanol–water partition coefficient (Wildman–Crippen LogP) is 4.76. The average Bonchev–Trinajstić information content (AvgIpc) is 3.47. The topological polar surface area (TPSA) is 108 Å². The summed E-state index contributed by atoms with van der Waals surface area (Å²) in [6.45, 7) is 4.11. The van der Waals surface area contributed by atoms with E-state index in [2.05, 4.69) is 30.2 Å². The molecule has 0 amide bonds. The molecule has 38 heavy (non-hydrogen) atoms. The van der Waals surface area contributed by atoms with Crippen molar-refractivity contribution in [3.8, 4) is 34.3 Å². The maximum atomic E-state index is 9.29. The Kier molecular flexibility index (Phi) is 8.47. The molecule has 1 fully saturated rings. The highest BCUT2D eigenvalue weighted by Crippen LogP contribution is 2.25. The predicted molar refractivity (Wildman–Crippen MR) is 148 cm³/mol. The molecule has 0 aliphatic carbocycles. The summed E-state index contributed by atoms with van der Waals surface area (Å²) in [5.41, 5.74) is 3.32. The first-order chi connectivity index (χ1) is 18.7. The molecular weight excluding hydrogens is 480 g/mol. The molecule has 5 rings (SSSR count). The van der Waals surface area contributed by atoms with Gasteiger partial charge in [0, 0.05) is 36.7 Å². The molecule has 3 N–H and O–H groups in total. The first kappa shape index (κ1) is 25.7. The molecule has 2 aromatic heterocycles. The standard InChI is InChI=1S/C29H34N6O3/c1-37-24-7-2-5-22(17-24)28-31-19-27(33-28)26-9-12-30-29(34-26)32-23-6-3-8-25(18-23)38-16-4-13-35-14-10-21(20-36)11-15-35/h2-3,5-9,12,17-19,21,36H,4,10-11,13-16,20H2,1H3,(H,31,33)(H,30,32,34). The molecule has 2 aromatic carbocycles. The Morgan fingerprint density at radius 3 is 2.74 bits per heavy atom. The van der Waals surface area contributed by atoms with Gasteiger partial charge in [0.05, 0.1) is 31.3 Å². The summed E-state index contributed by atoms with van der Waals surface area (Å²) in [7, 11) is 1.65. The largest absolute Gasteiger partial charge is 0.497 e. The molecule has 0 atom stereocenters. The lowest BCUT2D eigenvalue weighted by Crippen LogP contribution is -2.35. The molecule has 3 heterocycles.